The van der Waals surface area contributed by atoms with Crippen LogP contribution in [0.3, 0.4) is 0 Å². The monoisotopic (exact) mass is 217 g/mol. The maximum Gasteiger partial charge on any atom is 0.306 e. The van der Waals surface area contributed by atoms with Crippen molar-refractivity contribution in [1.29, 1.82) is 0 Å². The average molecular weight is 217 g/mol. The van der Waals surface area contributed by atoms with Crippen molar-refractivity contribution >= 4 is 5.97 Å². The summed E-state index contributed by atoms with van der Waals surface area (Å²) in [5, 5.41) is 8.80. The minimum Gasteiger partial charge on any atom is -0.460 e. The summed E-state index contributed by atoms with van der Waals surface area (Å²) in [5.74, 6) is -0.157. The molecule has 3 N–H and O–H groups in total. The molecule has 0 aliphatic carbocycles. The summed E-state index contributed by atoms with van der Waals surface area (Å²) < 4.78 is 5.15. The molecule has 4 nitrogen and oxygen atoms in total. The van der Waals surface area contributed by atoms with E-state index in [4.69, 9.17) is 15.6 Å². The van der Waals surface area contributed by atoms with Gasteiger partial charge in [0.1, 0.15) is 11.8 Å². The van der Waals surface area contributed by atoms with E-state index in [2.05, 4.69) is 0 Å². The van der Waals surface area contributed by atoms with Gasteiger partial charge in [-0.25, -0.2) is 0 Å². The first-order valence-electron chi connectivity index (χ1n) is 5.47. The fourth-order valence-electron chi connectivity index (χ4n) is 1.19. The third kappa shape index (κ3) is 11.3. The standard InChI is InChI=1S/C11H23NO3/c1-11(2,3)15-10(14)8-6-4-5-7-9(12)13/h9,13H,4-8,12H2,1-3H3. The Morgan fingerprint density at radius 2 is 1.93 bits per heavy atom. The lowest BCUT2D eigenvalue weighted by Crippen LogP contribution is -2.23. The second-order valence-corrected chi connectivity index (χ2v) is 4.75. The van der Waals surface area contributed by atoms with Gasteiger partial charge in [0.05, 0.1) is 0 Å². The van der Waals surface area contributed by atoms with Gasteiger partial charge in [0.15, 0.2) is 0 Å². The van der Waals surface area contributed by atoms with Crippen molar-refractivity contribution in [3.63, 3.8) is 0 Å². The van der Waals surface area contributed by atoms with Crippen LogP contribution in [0.25, 0.3) is 0 Å². The number of esters is 1. The van der Waals surface area contributed by atoms with E-state index in [9.17, 15) is 4.79 Å². The van der Waals surface area contributed by atoms with Crippen LogP contribution in [0.5, 0.6) is 0 Å². The third-order valence-corrected chi connectivity index (χ3v) is 1.80. The molecular weight excluding hydrogens is 194 g/mol. The normalized spacial score (nSPS) is 13.7. The Balaban J connectivity index is 3.40. The number of unbranched alkanes of at least 4 members (excludes halogenated alkanes) is 2. The zero-order valence-corrected chi connectivity index (χ0v) is 9.95. The molecule has 0 spiro atoms. The SMILES string of the molecule is CC(C)(C)OC(=O)CCCCCC(N)O. The molecule has 0 radical (unpaired) electrons. The van der Waals surface area contributed by atoms with E-state index < -0.39 is 11.8 Å². The molecule has 0 saturated carbocycles. The van der Waals surface area contributed by atoms with Gasteiger partial charge in [-0.1, -0.05) is 6.42 Å². The first-order valence-corrected chi connectivity index (χ1v) is 5.47. The minimum atomic E-state index is -0.730. The van der Waals surface area contributed by atoms with E-state index in [1.165, 1.54) is 0 Å². The van der Waals surface area contributed by atoms with Crippen LogP contribution in [0.4, 0.5) is 0 Å². The Morgan fingerprint density at radius 3 is 2.40 bits per heavy atom. The van der Waals surface area contributed by atoms with Gasteiger partial charge in [0.25, 0.3) is 0 Å². The maximum absolute atomic E-state index is 11.3. The van der Waals surface area contributed by atoms with Crippen LogP contribution >= 0.6 is 0 Å². The van der Waals surface area contributed by atoms with Gasteiger partial charge >= 0.3 is 5.97 Å². The number of aliphatic hydroxyl groups is 1. The van der Waals surface area contributed by atoms with Crippen LogP contribution < -0.4 is 5.73 Å². The lowest BCUT2D eigenvalue weighted by Gasteiger charge is -2.19. The fraction of sp³-hybridized carbons (Fsp3) is 0.909. The molecule has 0 aromatic rings. The third-order valence-electron chi connectivity index (χ3n) is 1.80. The number of ether oxygens (including phenoxy) is 1. The van der Waals surface area contributed by atoms with Gasteiger partial charge in [0, 0.05) is 6.42 Å². The van der Waals surface area contributed by atoms with E-state index in [-0.39, 0.29) is 5.97 Å². The average Bonchev–Trinajstić information content (AvgIpc) is 1.99. The fourth-order valence-corrected chi connectivity index (χ4v) is 1.19. The van der Waals surface area contributed by atoms with Crippen molar-refractivity contribution in [2.45, 2.75) is 64.7 Å². The molecule has 0 aliphatic rings. The Bertz CT molecular complexity index is 185. The van der Waals surface area contributed by atoms with Crippen LogP contribution in [0.1, 0.15) is 52.9 Å². The second kappa shape index (κ2) is 6.80. The highest BCUT2D eigenvalue weighted by atomic mass is 16.6. The highest BCUT2D eigenvalue weighted by molar-refractivity contribution is 5.69. The molecule has 0 fully saturated rings. The number of hydrogen-bond acceptors (Lipinski definition) is 4. The zero-order chi connectivity index (χ0) is 11.9. The summed E-state index contributed by atoms with van der Waals surface area (Å²) in [6.07, 6.45) is 2.84. The number of aliphatic hydroxyl groups excluding tert-OH is 1. The maximum atomic E-state index is 11.3. The molecule has 0 aromatic carbocycles. The molecule has 0 rings (SSSR count). The van der Waals surface area contributed by atoms with Crippen molar-refractivity contribution in [3.8, 4) is 0 Å². The van der Waals surface area contributed by atoms with Crippen LogP contribution in [0.2, 0.25) is 0 Å². The van der Waals surface area contributed by atoms with E-state index >= 15 is 0 Å². The molecule has 1 unspecified atom stereocenters. The smallest absolute Gasteiger partial charge is 0.306 e. The second-order valence-electron chi connectivity index (χ2n) is 4.75. The van der Waals surface area contributed by atoms with E-state index in [0.717, 1.165) is 19.3 Å². The Kier molecular flexibility index (Phi) is 6.52. The molecule has 0 aromatic heterocycles. The lowest BCUT2D eigenvalue weighted by atomic mass is 10.1. The van der Waals surface area contributed by atoms with Crippen LogP contribution in [-0.2, 0) is 9.53 Å². The Hall–Kier alpha value is -0.610. The minimum absolute atomic E-state index is 0.157. The molecule has 1 atom stereocenters. The summed E-state index contributed by atoms with van der Waals surface area (Å²) in [5.41, 5.74) is 4.78. The highest BCUT2D eigenvalue weighted by Crippen LogP contribution is 2.11. The van der Waals surface area contributed by atoms with Crippen molar-refractivity contribution in [2.75, 3.05) is 0 Å². The summed E-state index contributed by atoms with van der Waals surface area (Å²) in [6.45, 7) is 5.57. The topological polar surface area (TPSA) is 72.5 Å². The van der Waals surface area contributed by atoms with E-state index in [1.807, 2.05) is 20.8 Å². The molecule has 0 bridgehead atoms. The number of hydrogen-bond donors (Lipinski definition) is 2. The molecule has 0 aliphatic heterocycles. The predicted octanol–water partition coefficient (Wildman–Crippen LogP) is 1.56. The number of rotatable bonds is 6. The van der Waals surface area contributed by atoms with Gasteiger partial charge < -0.3 is 15.6 Å². The van der Waals surface area contributed by atoms with Gasteiger partial charge in [-0.2, -0.15) is 0 Å². The predicted molar refractivity (Wildman–Crippen MR) is 59.1 cm³/mol. The van der Waals surface area contributed by atoms with Gasteiger partial charge in [-0.05, 0) is 40.0 Å². The first kappa shape index (κ1) is 14.4. The van der Waals surface area contributed by atoms with Crippen LogP contribution in [0, 0.1) is 0 Å². The van der Waals surface area contributed by atoms with Gasteiger partial charge in [-0.15, -0.1) is 0 Å². The summed E-state index contributed by atoms with van der Waals surface area (Å²) in [7, 11) is 0. The molecule has 0 amide bonds. The van der Waals surface area contributed by atoms with Crippen molar-refractivity contribution < 1.29 is 14.6 Å². The van der Waals surface area contributed by atoms with Crippen molar-refractivity contribution in [2.24, 2.45) is 5.73 Å². The molecule has 15 heavy (non-hydrogen) atoms. The lowest BCUT2D eigenvalue weighted by molar-refractivity contribution is -0.154. The molecule has 0 saturated heterocycles. The first-order chi connectivity index (χ1) is 6.81. The molecular formula is C11H23NO3. The molecule has 4 heteroatoms. The van der Waals surface area contributed by atoms with E-state index in [0.29, 0.717) is 12.8 Å². The van der Waals surface area contributed by atoms with Crippen molar-refractivity contribution in [3.05, 3.63) is 0 Å². The summed E-state index contributed by atoms with van der Waals surface area (Å²) in [6, 6.07) is 0. The Labute approximate surface area is 91.8 Å². The number of carbonyl (C=O) groups is 1. The van der Waals surface area contributed by atoms with E-state index in [1.54, 1.807) is 0 Å². The van der Waals surface area contributed by atoms with Gasteiger partial charge in [-0.3, -0.25) is 4.79 Å². The quantitative estimate of drug-likeness (QED) is 0.402. The summed E-state index contributed by atoms with van der Waals surface area (Å²) >= 11 is 0. The number of nitrogens with two attached hydrogens (primary N) is 1. The highest BCUT2D eigenvalue weighted by Gasteiger charge is 2.15. The number of carbonyl (C=O) groups excluding carboxylic acids is 1. The summed E-state index contributed by atoms with van der Waals surface area (Å²) in [4.78, 5) is 11.3. The van der Waals surface area contributed by atoms with Crippen LogP contribution in [-0.4, -0.2) is 22.9 Å². The molecule has 90 valence electrons. The van der Waals surface area contributed by atoms with Crippen molar-refractivity contribution in [1.82, 2.24) is 0 Å². The van der Waals surface area contributed by atoms with Crippen LogP contribution in [0.15, 0.2) is 0 Å². The van der Waals surface area contributed by atoms with Gasteiger partial charge in [0.2, 0.25) is 0 Å². The zero-order valence-electron chi connectivity index (χ0n) is 9.95. The largest absolute Gasteiger partial charge is 0.460 e. The Morgan fingerprint density at radius 1 is 1.33 bits per heavy atom. The molecule has 0 heterocycles.